The van der Waals surface area contributed by atoms with Crippen LogP contribution in [-0.2, 0) is 0 Å². The molecule has 0 aliphatic heterocycles. The first-order chi connectivity index (χ1) is 9.65. The smallest absolute Gasteiger partial charge is 0.257 e. The van der Waals surface area contributed by atoms with Gasteiger partial charge < -0.3 is 11.1 Å². The highest BCUT2D eigenvalue weighted by molar-refractivity contribution is 9.10. The third-order valence-electron chi connectivity index (χ3n) is 2.99. The lowest BCUT2D eigenvalue weighted by Gasteiger charge is -2.08. The maximum absolute atomic E-state index is 12.3. The molecule has 3 rings (SSSR count). The zero-order valence-corrected chi connectivity index (χ0v) is 11.9. The van der Waals surface area contributed by atoms with Gasteiger partial charge in [0.1, 0.15) is 0 Å². The van der Waals surface area contributed by atoms with Crippen LogP contribution < -0.4 is 11.1 Å². The van der Waals surface area contributed by atoms with Crippen LogP contribution in [0.15, 0.2) is 47.1 Å². The second-order valence-electron chi connectivity index (χ2n) is 4.32. The van der Waals surface area contributed by atoms with Crippen molar-refractivity contribution in [1.82, 2.24) is 10.2 Å². The standard InChI is InChI=1S/C14H11BrN4O/c15-8-4-5-11(16)9(6-8)14(20)18-12-2-1-3-13-10(12)7-17-19-13/h1-7H,16H2,(H,17,19)(H,18,20). The molecule has 6 heteroatoms. The molecular formula is C14H11BrN4O. The summed E-state index contributed by atoms with van der Waals surface area (Å²) in [6, 6.07) is 10.7. The fourth-order valence-electron chi connectivity index (χ4n) is 1.99. The normalized spacial score (nSPS) is 10.7. The molecule has 0 aliphatic rings. The number of nitrogens with zero attached hydrogens (tertiary/aromatic N) is 1. The molecule has 0 radical (unpaired) electrons. The number of fused-ring (bicyclic) bond motifs is 1. The lowest BCUT2D eigenvalue weighted by atomic mass is 10.1. The zero-order chi connectivity index (χ0) is 14.1. The third-order valence-corrected chi connectivity index (χ3v) is 3.49. The van der Waals surface area contributed by atoms with Crippen LogP contribution in [0.2, 0.25) is 0 Å². The number of aromatic nitrogens is 2. The van der Waals surface area contributed by atoms with Crippen molar-refractivity contribution in [2.45, 2.75) is 0 Å². The number of hydrogen-bond acceptors (Lipinski definition) is 3. The number of halogens is 1. The van der Waals surface area contributed by atoms with Gasteiger partial charge in [-0.25, -0.2) is 0 Å². The van der Waals surface area contributed by atoms with E-state index in [9.17, 15) is 4.79 Å². The fraction of sp³-hybridized carbons (Fsp3) is 0. The first-order valence-corrected chi connectivity index (χ1v) is 6.73. The molecule has 0 spiro atoms. The number of carbonyl (C=O) groups is 1. The van der Waals surface area contributed by atoms with Crippen LogP contribution in [0, 0.1) is 0 Å². The van der Waals surface area contributed by atoms with Gasteiger partial charge in [0, 0.05) is 15.5 Å². The average molecular weight is 331 g/mol. The molecule has 0 aliphatic carbocycles. The van der Waals surface area contributed by atoms with Crippen molar-refractivity contribution >= 4 is 44.1 Å². The highest BCUT2D eigenvalue weighted by Gasteiger charge is 2.12. The van der Waals surface area contributed by atoms with Crippen LogP contribution in [0.4, 0.5) is 11.4 Å². The number of benzene rings is 2. The summed E-state index contributed by atoms with van der Waals surface area (Å²) >= 11 is 3.33. The van der Waals surface area contributed by atoms with Gasteiger partial charge in [0.15, 0.2) is 0 Å². The van der Waals surface area contributed by atoms with E-state index in [1.54, 1.807) is 24.4 Å². The van der Waals surface area contributed by atoms with E-state index in [4.69, 9.17) is 5.73 Å². The minimum Gasteiger partial charge on any atom is -0.398 e. The molecule has 3 aromatic rings. The summed E-state index contributed by atoms with van der Waals surface area (Å²) in [7, 11) is 0. The Bertz CT molecular complexity index is 797. The largest absolute Gasteiger partial charge is 0.398 e. The molecule has 0 unspecified atom stereocenters. The Morgan fingerprint density at radius 1 is 1.30 bits per heavy atom. The number of rotatable bonds is 2. The molecule has 100 valence electrons. The number of aromatic amines is 1. The van der Waals surface area contributed by atoms with E-state index in [0.717, 1.165) is 15.4 Å². The monoisotopic (exact) mass is 330 g/mol. The lowest BCUT2D eigenvalue weighted by molar-refractivity contribution is 0.102. The zero-order valence-electron chi connectivity index (χ0n) is 10.4. The molecule has 1 aromatic heterocycles. The SMILES string of the molecule is Nc1ccc(Br)cc1C(=O)Nc1cccc2[nH]ncc12. The molecule has 0 saturated carbocycles. The Morgan fingerprint density at radius 3 is 3.00 bits per heavy atom. The molecule has 0 atom stereocenters. The Balaban J connectivity index is 1.96. The van der Waals surface area contributed by atoms with Gasteiger partial charge in [-0.05, 0) is 30.3 Å². The van der Waals surface area contributed by atoms with Gasteiger partial charge in [0.2, 0.25) is 0 Å². The van der Waals surface area contributed by atoms with Crippen molar-refractivity contribution in [3.8, 4) is 0 Å². The number of nitrogen functional groups attached to an aromatic ring is 1. The Hall–Kier alpha value is -2.34. The predicted octanol–water partition coefficient (Wildman–Crippen LogP) is 3.16. The molecule has 1 heterocycles. The highest BCUT2D eigenvalue weighted by Crippen LogP contribution is 2.24. The summed E-state index contributed by atoms with van der Waals surface area (Å²) < 4.78 is 0.804. The number of H-pyrrole nitrogens is 1. The number of amides is 1. The Labute approximate surface area is 123 Å². The van der Waals surface area contributed by atoms with Gasteiger partial charge in [-0.3, -0.25) is 9.89 Å². The van der Waals surface area contributed by atoms with E-state index in [-0.39, 0.29) is 5.91 Å². The summed E-state index contributed by atoms with van der Waals surface area (Å²) in [5.41, 5.74) is 8.26. The highest BCUT2D eigenvalue weighted by atomic mass is 79.9. The molecule has 0 saturated heterocycles. The molecule has 20 heavy (non-hydrogen) atoms. The maximum Gasteiger partial charge on any atom is 0.257 e. The quantitative estimate of drug-likeness (QED) is 0.631. The molecule has 1 amide bonds. The van der Waals surface area contributed by atoms with Crippen LogP contribution in [0.3, 0.4) is 0 Å². The van der Waals surface area contributed by atoms with E-state index in [1.807, 2.05) is 18.2 Å². The van der Waals surface area contributed by atoms with Crippen LogP contribution in [-0.4, -0.2) is 16.1 Å². The van der Waals surface area contributed by atoms with Crippen LogP contribution in [0.25, 0.3) is 10.9 Å². The Morgan fingerprint density at radius 2 is 2.15 bits per heavy atom. The first kappa shape index (κ1) is 12.7. The van der Waals surface area contributed by atoms with E-state index >= 15 is 0 Å². The average Bonchev–Trinajstić information content (AvgIpc) is 2.91. The molecule has 0 fully saturated rings. The number of nitrogens with two attached hydrogens (primary N) is 1. The lowest BCUT2D eigenvalue weighted by Crippen LogP contribution is -2.14. The van der Waals surface area contributed by atoms with Gasteiger partial charge in [0.05, 0.1) is 23.0 Å². The van der Waals surface area contributed by atoms with Crippen molar-refractivity contribution < 1.29 is 4.79 Å². The van der Waals surface area contributed by atoms with Crippen molar-refractivity contribution in [3.63, 3.8) is 0 Å². The van der Waals surface area contributed by atoms with Gasteiger partial charge >= 0.3 is 0 Å². The molecule has 2 aromatic carbocycles. The minimum atomic E-state index is -0.252. The summed E-state index contributed by atoms with van der Waals surface area (Å²) in [4.78, 5) is 12.3. The fourth-order valence-corrected chi connectivity index (χ4v) is 2.35. The van der Waals surface area contributed by atoms with Crippen LogP contribution >= 0.6 is 15.9 Å². The second-order valence-corrected chi connectivity index (χ2v) is 5.24. The number of nitrogens with one attached hydrogen (secondary N) is 2. The van der Waals surface area contributed by atoms with Crippen molar-refractivity contribution in [1.29, 1.82) is 0 Å². The summed E-state index contributed by atoms with van der Waals surface area (Å²) in [6.45, 7) is 0. The maximum atomic E-state index is 12.3. The topological polar surface area (TPSA) is 83.8 Å². The van der Waals surface area contributed by atoms with Crippen molar-refractivity contribution in [2.24, 2.45) is 0 Å². The number of hydrogen-bond donors (Lipinski definition) is 3. The van der Waals surface area contributed by atoms with E-state index in [2.05, 4.69) is 31.4 Å². The van der Waals surface area contributed by atoms with Gasteiger partial charge in [-0.1, -0.05) is 22.0 Å². The van der Waals surface area contributed by atoms with Gasteiger partial charge in [0.25, 0.3) is 5.91 Å². The van der Waals surface area contributed by atoms with Crippen molar-refractivity contribution in [2.75, 3.05) is 11.1 Å². The summed E-state index contributed by atoms with van der Waals surface area (Å²) in [6.07, 6.45) is 1.68. The molecular weight excluding hydrogens is 320 g/mol. The first-order valence-electron chi connectivity index (χ1n) is 5.93. The minimum absolute atomic E-state index is 0.252. The van der Waals surface area contributed by atoms with E-state index < -0.39 is 0 Å². The summed E-state index contributed by atoms with van der Waals surface area (Å²) in [5, 5.41) is 10.5. The van der Waals surface area contributed by atoms with E-state index in [1.165, 1.54) is 0 Å². The Kier molecular flexibility index (Phi) is 3.15. The molecule has 4 N–H and O–H groups in total. The van der Waals surface area contributed by atoms with Gasteiger partial charge in [-0.15, -0.1) is 0 Å². The molecule has 5 nitrogen and oxygen atoms in total. The van der Waals surface area contributed by atoms with Crippen LogP contribution in [0.5, 0.6) is 0 Å². The third kappa shape index (κ3) is 2.25. The van der Waals surface area contributed by atoms with E-state index in [0.29, 0.717) is 16.9 Å². The second kappa shape index (κ2) is 4.97. The van der Waals surface area contributed by atoms with Gasteiger partial charge in [-0.2, -0.15) is 5.10 Å². The number of carbonyl (C=O) groups excluding carboxylic acids is 1. The summed E-state index contributed by atoms with van der Waals surface area (Å²) in [5.74, 6) is -0.252. The number of anilines is 2. The molecule has 0 bridgehead atoms. The predicted molar refractivity (Wildman–Crippen MR) is 82.6 cm³/mol. The van der Waals surface area contributed by atoms with Crippen molar-refractivity contribution in [3.05, 3.63) is 52.6 Å². The van der Waals surface area contributed by atoms with Crippen LogP contribution in [0.1, 0.15) is 10.4 Å².